The highest BCUT2D eigenvalue weighted by atomic mass is 32.1. The quantitative estimate of drug-likeness (QED) is 0.157. The highest BCUT2D eigenvalue weighted by Gasteiger charge is 2.17. The van der Waals surface area contributed by atoms with Gasteiger partial charge in [0.25, 0.3) is 0 Å². The van der Waals surface area contributed by atoms with Gasteiger partial charge in [-0.05, 0) is 90.0 Å². The van der Waals surface area contributed by atoms with E-state index in [1.807, 2.05) is 60.7 Å². The first-order chi connectivity index (χ1) is 30.2. The first-order valence-corrected chi connectivity index (χ1v) is 21.4. The molecule has 0 saturated heterocycles. The van der Waals surface area contributed by atoms with Crippen molar-refractivity contribution in [3.8, 4) is 67.5 Å². The van der Waals surface area contributed by atoms with Crippen LogP contribution >= 0.6 is 11.3 Å². The van der Waals surface area contributed by atoms with Crippen LogP contribution in [0, 0.1) is 0 Å². The standard InChI is InChI=1S/C57H35N3S/c1-3-15-36(16-4-1)55-58-56(37-17-5-2-6-18-37)60-57(59-55)40-28-31-50-52-34-39(29-32-53(52)61-54(50)35-40)42-20-8-10-22-44(42)43-21-9-7-19-41(43)38-27-30-49-47-25-12-11-23-45(47)46-24-13-14-26-48(46)51(49)33-38/h1-35H. The summed E-state index contributed by atoms with van der Waals surface area (Å²) in [6.07, 6.45) is 0. The Labute approximate surface area is 356 Å². The van der Waals surface area contributed by atoms with Gasteiger partial charge in [-0.1, -0.05) is 188 Å². The van der Waals surface area contributed by atoms with Crippen molar-refractivity contribution in [2.75, 3.05) is 0 Å². The Kier molecular flexibility index (Phi) is 8.36. The fourth-order valence-corrected chi connectivity index (χ4v) is 10.2. The van der Waals surface area contributed by atoms with Crippen molar-refractivity contribution in [1.29, 1.82) is 0 Å². The first kappa shape index (κ1) is 35.2. The van der Waals surface area contributed by atoms with Crippen molar-refractivity contribution >= 4 is 63.8 Å². The second kappa shape index (κ2) is 14.5. The second-order valence-corrected chi connectivity index (χ2v) is 16.6. The summed E-state index contributed by atoms with van der Waals surface area (Å²) < 4.78 is 2.44. The van der Waals surface area contributed by atoms with Gasteiger partial charge in [-0.2, -0.15) is 0 Å². The monoisotopic (exact) mass is 793 g/mol. The molecule has 4 heteroatoms. The number of fused-ring (bicyclic) bond motifs is 9. The Balaban J connectivity index is 0.955. The SMILES string of the molecule is c1ccc(-c2nc(-c3ccccc3)nc(-c3ccc4c(c3)sc3ccc(-c5ccccc5-c5ccccc5-c5ccc6c7ccccc7c7ccccc7c6c5)cc34)n2)cc1. The van der Waals surface area contributed by atoms with E-state index in [0.717, 1.165) is 16.7 Å². The van der Waals surface area contributed by atoms with Crippen molar-refractivity contribution in [2.45, 2.75) is 0 Å². The van der Waals surface area contributed by atoms with Gasteiger partial charge in [0.15, 0.2) is 17.5 Å². The van der Waals surface area contributed by atoms with E-state index < -0.39 is 0 Å². The predicted octanol–water partition coefficient (Wildman–Crippen LogP) is 15.7. The third kappa shape index (κ3) is 6.07. The van der Waals surface area contributed by atoms with Crippen molar-refractivity contribution in [3.63, 3.8) is 0 Å². The fraction of sp³-hybridized carbons (Fsp3) is 0. The minimum atomic E-state index is 0.660. The van der Waals surface area contributed by atoms with Gasteiger partial charge in [0.05, 0.1) is 0 Å². The molecule has 2 aromatic heterocycles. The molecule has 0 spiro atoms. The molecule has 0 saturated carbocycles. The lowest BCUT2D eigenvalue weighted by Gasteiger charge is -2.16. The van der Waals surface area contributed by atoms with Gasteiger partial charge in [0.1, 0.15) is 0 Å². The van der Waals surface area contributed by atoms with E-state index in [1.54, 1.807) is 11.3 Å². The van der Waals surface area contributed by atoms with Crippen molar-refractivity contribution < 1.29 is 0 Å². The average Bonchev–Trinajstić information content (AvgIpc) is 3.71. The zero-order valence-corrected chi connectivity index (χ0v) is 33.8. The molecular weight excluding hydrogens is 759 g/mol. The highest BCUT2D eigenvalue weighted by Crippen LogP contribution is 2.44. The fourth-order valence-electron chi connectivity index (χ4n) is 9.04. The van der Waals surface area contributed by atoms with Crippen LogP contribution in [0.4, 0.5) is 0 Å². The molecule has 12 rings (SSSR count). The molecule has 284 valence electrons. The lowest BCUT2D eigenvalue weighted by atomic mass is 9.87. The maximum absolute atomic E-state index is 5.00. The molecule has 0 N–H and O–H groups in total. The zero-order chi connectivity index (χ0) is 40.3. The Bertz CT molecular complexity index is 3560. The highest BCUT2D eigenvalue weighted by molar-refractivity contribution is 7.25. The number of thiophene rings is 1. The van der Waals surface area contributed by atoms with E-state index in [0.29, 0.717) is 17.5 Å². The molecule has 0 aliphatic rings. The van der Waals surface area contributed by atoms with Crippen molar-refractivity contribution in [3.05, 3.63) is 212 Å². The lowest BCUT2D eigenvalue weighted by molar-refractivity contribution is 1.07. The maximum atomic E-state index is 5.00. The van der Waals surface area contributed by atoms with E-state index in [1.165, 1.54) is 85.9 Å². The zero-order valence-electron chi connectivity index (χ0n) is 33.0. The summed E-state index contributed by atoms with van der Waals surface area (Å²) in [7, 11) is 0. The molecule has 61 heavy (non-hydrogen) atoms. The molecular formula is C57H35N3S. The van der Waals surface area contributed by atoms with Crippen LogP contribution in [0.2, 0.25) is 0 Å². The third-order valence-corrected chi connectivity index (χ3v) is 13.1. The summed E-state index contributed by atoms with van der Waals surface area (Å²) in [4.78, 5) is 14.9. The average molecular weight is 794 g/mol. The molecule has 0 atom stereocenters. The summed E-state index contributed by atoms with van der Waals surface area (Å²) >= 11 is 1.81. The molecule has 3 nitrogen and oxygen atoms in total. The lowest BCUT2D eigenvalue weighted by Crippen LogP contribution is -1.99. The summed E-state index contributed by atoms with van der Waals surface area (Å²) in [6, 6.07) is 76.1. The molecule has 0 bridgehead atoms. The van der Waals surface area contributed by atoms with Crippen molar-refractivity contribution in [2.24, 2.45) is 0 Å². The molecule has 2 heterocycles. The van der Waals surface area contributed by atoms with Gasteiger partial charge in [-0.25, -0.2) is 15.0 Å². The van der Waals surface area contributed by atoms with Gasteiger partial charge in [0, 0.05) is 36.9 Å². The second-order valence-electron chi connectivity index (χ2n) is 15.5. The minimum Gasteiger partial charge on any atom is -0.208 e. The Morgan fingerprint density at radius 3 is 1.18 bits per heavy atom. The third-order valence-electron chi connectivity index (χ3n) is 11.9. The van der Waals surface area contributed by atoms with E-state index >= 15 is 0 Å². The van der Waals surface area contributed by atoms with Crippen LogP contribution in [0.15, 0.2) is 212 Å². The molecule has 0 radical (unpaired) electrons. The molecule has 0 amide bonds. The van der Waals surface area contributed by atoms with Gasteiger partial charge >= 0.3 is 0 Å². The summed E-state index contributed by atoms with van der Waals surface area (Å²) in [5.74, 6) is 1.98. The van der Waals surface area contributed by atoms with Crippen LogP contribution < -0.4 is 0 Å². The van der Waals surface area contributed by atoms with Crippen LogP contribution in [-0.2, 0) is 0 Å². The molecule has 10 aromatic carbocycles. The Morgan fingerprint density at radius 1 is 0.230 bits per heavy atom. The summed E-state index contributed by atoms with van der Waals surface area (Å²) in [6.45, 7) is 0. The van der Waals surface area contributed by atoms with Crippen LogP contribution in [0.3, 0.4) is 0 Å². The number of hydrogen-bond acceptors (Lipinski definition) is 4. The van der Waals surface area contributed by atoms with Crippen LogP contribution in [-0.4, -0.2) is 15.0 Å². The largest absolute Gasteiger partial charge is 0.208 e. The minimum absolute atomic E-state index is 0.660. The number of benzene rings is 10. The summed E-state index contributed by atoms with van der Waals surface area (Å²) in [5, 5.41) is 10.2. The van der Waals surface area contributed by atoms with E-state index in [2.05, 4.69) is 152 Å². The van der Waals surface area contributed by atoms with Crippen LogP contribution in [0.25, 0.3) is 120 Å². The van der Waals surface area contributed by atoms with Crippen molar-refractivity contribution in [1.82, 2.24) is 15.0 Å². The van der Waals surface area contributed by atoms with E-state index in [-0.39, 0.29) is 0 Å². The van der Waals surface area contributed by atoms with E-state index in [4.69, 9.17) is 15.0 Å². The maximum Gasteiger partial charge on any atom is 0.164 e. The Morgan fingerprint density at radius 2 is 0.623 bits per heavy atom. The molecule has 12 aromatic rings. The number of hydrogen-bond donors (Lipinski definition) is 0. The number of aromatic nitrogens is 3. The normalized spacial score (nSPS) is 11.6. The smallest absolute Gasteiger partial charge is 0.164 e. The van der Waals surface area contributed by atoms with Gasteiger partial charge in [0.2, 0.25) is 0 Å². The van der Waals surface area contributed by atoms with Crippen LogP contribution in [0.5, 0.6) is 0 Å². The van der Waals surface area contributed by atoms with E-state index in [9.17, 15) is 0 Å². The Hall–Kier alpha value is -7.79. The topological polar surface area (TPSA) is 38.7 Å². The number of rotatable bonds is 6. The van der Waals surface area contributed by atoms with Crippen LogP contribution in [0.1, 0.15) is 0 Å². The molecule has 0 fully saturated rings. The first-order valence-electron chi connectivity index (χ1n) is 20.6. The summed E-state index contributed by atoms with van der Waals surface area (Å²) in [5.41, 5.74) is 10.1. The van der Waals surface area contributed by atoms with Gasteiger partial charge < -0.3 is 0 Å². The predicted molar refractivity (Wildman–Crippen MR) is 258 cm³/mol. The molecule has 0 aliphatic carbocycles. The number of nitrogens with zero attached hydrogens (tertiary/aromatic N) is 3. The molecule has 0 unspecified atom stereocenters. The molecule has 0 aliphatic heterocycles. The van der Waals surface area contributed by atoms with Gasteiger partial charge in [-0.3, -0.25) is 0 Å². The van der Waals surface area contributed by atoms with Gasteiger partial charge in [-0.15, -0.1) is 11.3 Å².